The van der Waals surface area contributed by atoms with Gasteiger partial charge in [-0.05, 0) is 25.1 Å². The second-order valence-corrected chi connectivity index (χ2v) is 7.42. The Kier molecular flexibility index (Phi) is 4.79. The number of benzene rings is 1. The number of methoxy groups -OCH3 is 1. The van der Waals surface area contributed by atoms with Crippen molar-refractivity contribution in [1.29, 1.82) is 0 Å². The highest BCUT2D eigenvalue weighted by molar-refractivity contribution is 7.89. The lowest BCUT2D eigenvalue weighted by molar-refractivity contribution is 0.0596. The molecule has 0 atom stereocenters. The number of esters is 1. The minimum absolute atomic E-state index is 0.115. The fourth-order valence-corrected chi connectivity index (χ4v) is 4.55. The number of nitrogens with zero attached hydrogens (tertiary/aromatic N) is 2. The highest BCUT2D eigenvalue weighted by atomic mass is 32.2. The van der Waals surface area contributed by atoms with E-state index >= 15 is 0 Å². The van der Waals surface area contributed by atoms with Crippen LogP contribution in [0.5, 0.6) is 0 Å². The summed E-state index contributed by atoms with van der Waals surface area (Å²) in [6, 6.07) is 6.48. The van der Waals surface area contributed by atoms with Crippen LogP contribution in [0.2, 0.25) is 0 Å². The molecule has 0 radical (unpaired) electrons. The maximum atomic E-state index is 13.1. The van der Waals surface area contributed by atoms with Crippen LogP contribution in [-0.2, 0) is 14.8 Å². The number of pyridine rings is 1. The minimum Gasteiger partial charge on any atom is -0.464 e. The Morgan fingerprint density at radius 3 is 2.83 bits per heavy atom. The Balaban J connectivity index is 2.14. The van der Waals surface area contributed by atoms with Crippen molar-refractivity contribution in [2.75, 3.05) is 33.3 Å². The van der Waals surface area contributed by atoms with Crippen molar-refractivity contribution in [3.05, 3.63) is 36.2 Å². The molecule has 2 aromatic rings. The molecule has 0 saturated carbocycles. The van der Waals surface area contributed by atoms with E-state index in [4.69, 9.17) is 4.74 Å². The average Bonchev–Trinajstić information content (AvgIpc) is 2.90. The van der Waals surface area contributed by atoms with Gasteiger partial charge < -0.3 is 10.1 Å². The van der Waals surface area contributed by atoms with Gasteiger partial charge in [-0.25, -0.2) is 18.2 Å². The van der Waals surface area contributed by atoms with Crippen LogP contribution in [0.4, 0.5) is 0 Å². The van der Waals surface area contributed by atoms with Gasteiger partial charge in [0.1, 0.15) is 0 Å². The first-order chi connectivity index (χ1) is 11.6. The first kappa shape index (κ1) is 16.8. The Morgan fingerprint density at radius 2 is 2.04 bits per heavy atom. The number of carbonyl (C=O) groups is 1. The summed E-state index contributed by atoms with van der Waals surface area (Å²) in [7, 11) is -2.38. The second kappa shape index (κ2) is 6.84. The molecule has 1 aliphatic heterocycles. The van der Waals surface area contributed by atoms with Crippen molar-refractivity contribution in [3.8, 4) is 0 Å². The van der Waals surface area contributed by atoms with Gasteiger partial charge in [0, 0.05) is 36.6 Å². The molecule has 1 aromatic heterocycles. The zero-order chi connectivity index (χ0) is 17.2. The fourth-order valence-electron chi connectivity index (χ4n) is 2.86. The molecular weight excluding hydrogens is 330 g/mol. The predicted molar refractivity (Wildman–Crippen MR) is 89.3 cm³/mol. The van der Waals surface area contributed by atoms with Crippen molar-refractivity contribution in [1.82, 2.24) is 14.6 Å². The summed E-state index contributed by atoms with van der Waals surface area (Å²) in [4.78, 5) is 16.1. The maximum Gasteiger partial charge on any atom is 0.357 e. The molecule has 1 saturated heterocycles. The molecule has 1 N–H and O–H groups in total. The molecule has 1 aromatic carbocycles. The van der Waals surface area contributed by atoms with Crippen molar-refractivity contribution >= 4 is 26.8 Å². The largest absolute Gasteiger partial charge is 0.464 e. The van der Waals surface area contributed by atoms with Crippen molar-refractivity contribution in [2.24, 2.45) is 0 Å². The van der Waals surface area contributed by atoms with E-state index in [9.17, 15) is 13.2 Å². The third-order valence-corrected chi connectivity index (χ3v) is 6.02. The molecule has 3 rings (SSSR count). The molecule has 1 fully saturated rings. The van der Waals surface area contributed by atoms with Crippen LogP contribution < -0.4 is 5.32 Å². The summed E-state index contributed by atoms with van der Waals surface area (Å²) in [5, 5.41) is 4.14. The predicted octanol–water partition coefficient (Wildman–Crippen LogP) is 1.01. The Morgan fingerprint density at radius 1 is 1.21 bits per heavy atom. The molecule has 0 unspecified atom stereocenters. The van der Waals surface area contributed by atoms with Crippen LogP contribution in [0.15, 0.2) is 35.4 Å². The van der Waals surface area contributed by atoms with Crippen LogP contribution in [0.3, 0.4) is 0 Å². The molecule has 24 heavy (non-hydrogen) atoms. The van der Waals surface area contributed by atoms with E-state index in [1.165, 1.54) is 17.6 Å². The number of aromatic nitrogens is 1. The second-order valence-electron chi connectivity index (χ2n) is 5.51. The molecule has 8 heteroatoms. The van der Waals surface area contributed by atoms with E-state index in [0.29, 0.717) is 30.4 Å². The smallest absolute Gasteiger partial charge is 0.357 e. The topological polar surface area (TPSA) is 88.6 Å². The zero-order valence-corrected chi connectivity index (χ0v) is 14.2. The lowest BCUT2D eigenvalue weighted by Gasteiger charge is -2.20. The quantitative estimate of drug-likeness (QED) is 0.832. The lowest BCUT2D eigenvalue weighted by atomic mass is 10.1. The normalized spacial score (nSPS) is 16.7. The van der Waals surface area contributed by atoms with Gasteiger partial charge in [-0.15, -0.1) is 0 Å². The third kappa shape index (κ3) is 3.00. The van der Waals surface area contributed by atoms with Gasteiger partial charge in [-0.2, -0.15) is 4.31 Å². The molecule has 7 nitrogen and oxygen atoms in total. The molecule has 0 spiro atoms. The highest BCUT2D eigenvalue weighted by Crippen LogP contribution is 2.27. The van der Waals surface area contributed by atoms with E-state index in [2.05, 4.69) is 10.3 Å². The Labute approximate surface area is 140 Å². The lowest BCUT2D eigenvalue weighted by Crippen LogP contribution is -2.34. The first-order valence-electron chi connectivity index (χ1n) is 7.72. The number of hydrogen-bond acceptors (Lipinski definition) is 6. The number of fused-ring (bicyclic) bond motifs is 1. The van der Waals surface area contributed by atoms with Gasteiger partial charge in [0.2, 0.25) is 10.0 Å². The Bertz CT molecular complexity index is 859. The SMILES string of the molecule is COC(=O)c1nccc2c(S(=O)(=O)N3CCCNCC3)cccc12. The van der Waals surface area contributed by atoms with Crippen LogP contribution in [0, 0.1) is 0 Å². The molecule has 0 amide bonds. The fraction of sp³-hybridized carbons (Fsp3) is 0.375. The molecular formula is C16H19N3O4S. The van der Waals surface area contributed by atoms with Gasteiger partial charge in [0.05, 0.1) is 12.0 Å². The summed E-state index contributed by atoms with van der Waals surface area (Å²) in [5.74, 6) is -0.589. The van der Waals surface area contributed by atoms with Gasteiger partial charge in [-0.1, -0.05) is 12.1 Å². The molecule has 2 heterocycles. The first-order valence-corrected chi connectivity index (χ1v) is 9.16. The summed E-state index contributed by atoms with van der Waals surface area (Å²) in [6.45, 7) is 2.32. The van der Waals surface area contributed by atoms with Gasteiger partial charge in [0.25, 0.3) is 0 Å². The summed E-state index contributed by atoms with van der Waals surface area (Å²) >= 11 is 0. The molecule has 0 bridgehead atoms. The molecule has 0 aliphatic carbocycles. The average molecular weight is 349 g/mol. The van der Waals surface area contributed by atoms with Crippen molar-refractivity contribution in [3.63, 3.8) is 0 Å². The van der Waals surface area contributed by atoms with E-state index in [-0.39, 0.29) is 10.6 Å². The maximum absolute atomic E-state index is 13.1. The van der Waals surface area contributed by atoms with E-state index in [1.54, 1.807) is 24.3 Å². The van der Waals surface area contributed by atoms with E-state index < -0.39 is 16.0 Å². The number of sulfonamides is 1. The van der Waals surface area contributed by atoms with Gasteiger partial charge >= 0.3 is 5.97 Å². The highest BCUT2D eigenvalue weighted by Gasteiger charge is 2.27. The van der Waals surface area contributed by atoms with Crippen molar-refractivity contribution < 1.29 is 17.9 Å². The molecule has 1 aliphatic rings. The van der Waals surface area contributed by atoms with Crippen LogP contribution in [0.25, 0.3) is 10.8 Å². The zero-order valence-electron chi connectivity index (χ0n) is 13.4. The number of carbonyl (C=O) groups excluding carboxylic acids is 1. The monoisotopic (exact) mass is 349 g/mol. The number of rotatable bonds is 3. The minimum atomic E-state index is -3.65. The van der Waals surface area contributed by atoms with Gasteiger partial charge in [-0.3, -0.25) is 0 Å². The number of nitrogens with one attached hydrogen (secondary N) is 1. The van der Waals surface area contributed by atoms with Crippen molar-refractivity contribution in [2.45, 2.75) is 11.3 Å². The van der Waals surface area contributed by atoms with E-state index in [1.807, 2.05) is 0 Å². The summed E-state index contributed by atoms with van der Waals surface area (Å²) < 4.78 is 32.4. The molecule has 128 valence electrons. The summed E-state index contributed by atoms with van der Waals surface area (Å²) in [5.41, 5.74) is 0.115. The van der Waals surface area contributed by atoms with Crippen LogP contribution >= 0.6 is 0 Å². The number of ether oxygens (including phenoxy) is 1. The van der Waals surface area contributed by atoms with Crippen LogP contribution in [-0.4, -0.2) is 57.0 Å². The number of hydrogen-bond donors (Lipinski definition) is 1. The summed E-state index contributed by atoms with van der Waals surface area (Å²) in [6.07, 6.45) is 2.19. The van der Waals surface area contributed by atoms with Crippen LogP contribution in [0.1, 0.15) is 16.9 Å². The van der Waals surface area contributed by atoms with E-state index in [0.717, 1.165) is 13.0 Å². The standard InChI is InChI=1S/C16H19N3O4S/c1-23-16(20)15-13-4-2-5-14(12(13)6-8-18-15)24(21,22)19-10-3-7-17-9-11-19/h2,4-6,8,17H,3,7,9-11H2,1H3. The Hall–Kier alpha value is -2.03. The third-order valence-electron chi connectivity index (χ3n) is 4.06. The van der Waals surface area contributed by atoms with Gasteiger partial charge in [0.15, 0.2) is 5.69 Å².